The first-order chi connectivity index (χ1) is 15.2. The predicted octanol–water partition coefficient (Wildman–Crippen LogP) is 2.63. The Kier molecular flexibility index (Phi) is 7.84. The molecule has 2 atom stereocenters. The van der Waals surface area contributed by atoms with Crippen molar-refractivity contribution in [2.45, 2.75) is 37.4 Å². The van der Waals surface area contributed by atoms with Crippen LogP contribution in [-0.4, -0.2) is 56.5 Å². The van der Waals surface area contributed by atoms with Crippen LogP contribution in [0.1, 0.15) is 20.3 Å². The first-order valence-electron chi connectivity index (χ1n) is 10.4. The van der Waals surface area contributed by atoms with Crippen molar-refractivity contribution in [1.29, 1.82) is 0 Å². The second kappa shape index (κ2) is 10.6. The fourth-order valence-corrected chi connectivity index (χ4v) is 4.99. The van der Waals surface area contributed by atoms with Crippen LogP contribution in [0.25, 0.3) is 0 Å². The maximum atomic E-state index is 12.9. The van der Waals surface area contributed by atoms with E-state index in [0.717, 1.165) is 0 Å². The lowest BCUT2D eigenvalue weighted by Gasteiger charge is -2.34. The molecule has 0 saturated carbocycles. The Balaban J connectivity index is 1.47. The topological polar surface area (TPSA) is 117 Å². The lowest BCUT2D eigenvalue weighted by Crippen LogP contribution is -2.48. The summed E-state index contributed by atoms with van der Waals surface area (Å²) in [7, 11) is -3.64. The average molecular weight is 461 g/mol. The molecule has 0 bridgehead atoms. The first kappa shape index (κ1) is 23.7. The van der Waals surface area contributed by atoms with Gasteiger partial charge in [-0.05, 0) is 50.2 Å². The van der Waals surface area contributed by atoms with E-state index in [4.69, 9.17) is 4.74 Å². The Morgan fingerprint density at radius 3 is 2.16 bits per heavy atom. The highest BCUT2D eigenvalue weighted by Crippen LogP contribution is 2.22. The number of para-hydroxylation sites is 1. The van der Waals surface area contributed by atoms with E-state index in [1.165, 1.54) is 16.4 Å². The summed E-state index contributed by atoms with van der Waals surface area (Å²) in [6, 6.07) is 14.6. The number of anilines is 2. The van der Waals surface area contributed by atoms with Crippen molar-refractivity contribution >= 4 is 33.3 Å². The number of urea groups is 1. The zero-order valence-corrected chi connectivity index (χ0v) is 18.9. The van der Waals surface area contributed by atoms with E-state index in [0.29, 0.717) is 24.5 Å². The number of nitrogens with one attached hydrogen (secondary N) is 3. The van der Waals surface area contributed by atoms with Crippen LogP contribution in [0.15, 0.2) is 59.5 Å². The molecule has 0 aromatic heterocycles. The number of ether oxygens (including phenoxy) is 1. The zero-order chi connectivity index (χ0) is 23.1. The summed E-state index contributed by atoms with van der Waals surface area (Å²) in [6.07, 6.45) is -0.267. The van der Waals surface area contributed by atoms with Crippen molar-refractivity contribution in [3.63, 3.8) is 0 Å². The van der Waals surface area contributed by atoms with Gasteiger partial charge in [0.15, 0.2) is 0 Å². The molecule has 0 spiro atoms. The van der Waals surface area contributed by atoms with E-state index in [-0.39, 0.29) is 36.0 Å². The van der Waals surface area contributed by atoms with E-state index in [1.807, 2.05) is 32.0 Å². The molecule has 1 aliphatic rings. The van der Waals surface area contributed by atoms with Gasteiger partial charge in [-0.1, -0.05) is 18.2 Å². The van der Waals surface area contributed by atoms with E-state index >= 15 is 0 Å². The highest BCUT2D eigenvalue weighted by atomic mass is 32.2. The number of rotatable bonds is 7. The fourth-order valence-electron chi connectivity index (χ4n) is 3.40. The summed E-state index contributed by atoms with van der Waals surface area (Å²) >= 11 is 0. The average Bonchev–Trinajstić information content (AvgIpc) is 2.74. The normalized spacial score (nSPS) is 19.2. The second-order valence-corrected chi connectivity index (χ2v) is 9.59. The van der Waals surface area contributed by atoms with Crippen molar-refractivity contribution in [3.05, 3.63) is 54.6 Å². The van der Waals surface area contributed by atoms with Gasteiger partial charge in [0.25, 0.3) is 0 Å². The summed E-state index contributed by atoms with van der Waals surface area (Å²) in [5.41, 5.74) is 1.14. The molecule has 10 heteroatoms. The number of hydrogen-bond donors (Lipinski definition) is 3. The zero-order valence-electron chi connectivity index (χ0n) is 18.1. The van der Waals surface area contributed by atoms with Crippen LogP contribution in [-0.2, 0) is 19.6 Å². The first-order valence-corrected chi connectivity index (χ1v) is 11.8. The number of hydrogen-bond acceptors (Lipinski definition) is 5. The minimum absolute atomic E-state index is 0.0752. The van der Waals surface area contributed by atoms with Crippen LogP contribution in [0, 0.1) is 0 Å². The lowest BCUT2D eigenvalue weighted by atomic mass is 10.3. The van der Waals surface area contributed by atoms with Gasteiger partial charge >= 0.3 is 6.03 Å². The maximum Gasteiger partial charge on any atom is 0.319 e. The number of carbonyl (C=O) groups is 2. The number of nitrogens with zero attached hydrogens (tertiary/aromatic N) is 1. The Morgan fingerprint density at radius 2 is 1.53 bits per heavy atom. The minimum Gasteiger partial charge on any atom is -0.373 e. The highest BCUT2D eigenvalue weighted by molar-refractivity contribution is 7.89. The van der Waals surface area contributed by atoms with Gasteiger partial charge in [0, 0.05) is 37.4 Å². The molecule has 9 nitrogen and oxygen atoms in total. The minimum atomic E-state index is -3.64. The molecule has 2 aromatic rings. The van der Waals surface area contributed by atoms with E-state index < -0.39 is 16.1 Å². The van der Waals surface area contributed by atoms with Crippen LogP contribution < -0.4 is 16.0 Å². The Labute approximate surface area is 188 Å². The lowest BCUT2D eigenvalue weighted by molar-refractivity contribution is -0.116. The molecule has 3 amide bonds. The van der Waals surface area contributed by atoms with E-state index in [9.17, 15) is 18.0 Å². The summed E-state index contributed by atoms with van der Waals surface area (Å²) in [5.74, 6) is -0.295. The predicted molar refractivity (Wildman–Crippen MR) is 122 cm³/mol. The van der Waals surface area contributed by atoms with Crippen molar-refractivity contribution in [3.8, 4) is 0 Å². The molecule has 1 aliphatic heterocycles. The van der Waals surface area contributed by atoms with Crippen molar-refractivity contribution in [2.75, 3.05) is 30.3 Å². The Bertz CT molecular complexity index is 1020. The van der Waals surface area contributed by atoms with E-state index in [2.05, 4.69) is 16.0 Å². The number of benzene rings is 2. The summed E-state index contributed by atoms with van der Waals surface area (Å²) in [5, 5.41) is 7.98. The monoisotopic (exact) mass is 460 g/mol. The molecular weight excluding hydrogens is 432 g/mol. The van der Waals surface area contributed by atoms with Gasteiger partial charge in [0.2, 0.25) is 15.9 Å². The Hall–Kier alpha value is -2.95. The standard InChI is InChI=1S/C22H28N4O5S/c1-16-14-26(15-17(2)31-16)32(29,30)20-10-8-19(9-11-20)24-21(27)12-13-23-22(28)25-18-6-4-3-5-7-18/h3-11,16-17H,12-15H2,1-2H3,(H,24,27)(H2,23,25,28)/t16-,17-/m0/s1. The number of sulfonamides is 1. The molecule has 3 rings (SSSR count). The highest BCUT2D eigenvalue weighted by Gasteiger charge is 2.32. The van der Waals surface area contributed by atoms with Crippen molar-refractivity contribution in [2.24, 2.45) is 0 Å². The third-order valence-corrected chi connectivity index (χ3v) is 6.68. The van der Waals surface area contributed by atoms with Crippen LogP contribution in [0.3, 0.4) is 0 Å². The Morgan fingerprint density at radius 1 is 0.938 bits per heavy atom. The molecule has 0 unspecified atom stereocenters. The quantitative estimate of drug-likeness (QED) is 0.587. The molecule has 1 heterocycles. The van der Waals surface area contributed by atoms with Crippen molar-refractivity contribution in [1.82, 2.24) is 9.62 Å². The van der Waals surface area contributed by atoms with Gasteiger partial charge in [-0.3, -0.25) is 4.79 Å². The van der Waals surface area contributed by atoms with Crippen molar-refractivity contribution < 1.29 is 22.7 Å². The van der Waals surface area contributed by atoms with E-state index in [1.54, 1.807) is 24.3 Å². The van der Waals surface area contributed by atoms with Gasteiger partial charge in [-0.25, -0.2) is 13.2 Å². The molecule has 3 N–H and O–H groups in total. The molecule has 2 aromatic carbocycles. The summed E-state index contributed by atoms with van der Waals surface area (Å²) < 4.78 is 32.8. The summed E-state index contributed by atoms with van der Waals surface area (Å²) in [4.78, 5) is 24.1. The van der Waals surface area contributed by atoms with Crippen LogP contribution in [0.4, 0.5) is 16.2 Å². The number of carbonyl (C=O) groups excluding carboxylic acids is 2. The summed E-state index contributed by atoms with van der Waals surface area (Å²) in [6.45, 7) is 4.45. The molecule has 0 radical (unpaired) electrons. The molecule has 172 valence electrons. The second-order valence-electron chi connectivity index (χ2n) is 7.65. The molecule has 0 aliphatic carbocycles. The molecule has 32 heavy (non-hydrogen) atoms. The van der Waals surface area contributed by atoms with Gasteiger partial charge < -0.3 is 20.7 Å². The van der Waals surface area contributed by atoms with Gasteiger partial charge in [0.05, 0.1) is 17.1 Å². The molecule has 1 fully saturated rings. The van der Waals surface area contributed by atoms with Crippen LogP contribution in [0.2, 0.25) is 0 Å². The fraction of sp³-hybridized carbons (Fsp3) is 0.364. The smallest absolute Gasteiger partial charge is 0.319 e. The van der Waals surface area contributed by atoms with Gasteiger partial charge in [-0.15, -0.1) is 0 Å². The third kappa shape index (κ3) is 6.52. The van der Waals surface area contributed by atoms with Gasteiger partial charge in [0.1, 0.15) is 0 Å². The molecule has 1 saturated heterocycles. The third-order valence-electron chi connectivity index (χ3n) is 4.83. The maximum absolute atomic E-state index is 12.9. The number of morpholine rings is 1. The SMILES string of the molecule is C[C@H]1CN(S(=O)(=O)c2ccc(NC(=O)CCNC(=O)Nc3ccccc3)cc2)C[C@H](C)O1. The number of amides is 3. The van der Waals surface area contributed by atoms with Crippen LogP contribution >= 0.6 is 0 Å². The largest absolute Gasteiger partial charge is 0.373 e. The van der Waals surface area contributed by atoms with Gasteiger partial charge in [-0.2, -0.15) is 4.31 Å². The van der Waals surface area contributed by atoms with Crippen LogP contribution in [0.5, 0.6) is 0 Å². The molecular formula is C22H28N4O5S.